The maximum absolute atomic E-state index is 5.61. The second-order valence-electron chi connectivity index (χ2n) is 4.06. The number of ether oxygens (including phenoxy) is 2. The van der Waals surface area contributed by atoms with E-state index in [1.165, 1.54) is 12.8 Å². The second kappa shape index (κ2) is 10.2. The zero-order valence-electron chi connectivity index (χ0n) is 11.9. The molecular formula is C14H24ClNO2S. The number of benzene rings is 1. The van der Waals surface area contributed by atoms with E-state index in [0.29, 0.717) is 6.54 Å². The summed E-state index contributed by atoms with van der Waals surface area (Å²) >= 11 is 1.82. The molecule has 0 aliphatic carbocycles. The first-order valence-electron chi connectivity index (χ1n) is 6.34. The number of nitrogens with two attached hydrogens (primary N) is 1. The van der Waals surface area contributed by atoms with Gasteiger partial charge in [-0.15, -0.1) is 24.2 Å². The van der Waals surface area contributed by atoms with Crippen molar-refractivity contribution in [1.29, 1.82) is 0 Å². The number of halogens is 1. The van der Waals surface area contributed by atoms with E-state index in [2.05, 4.69) is 13.0 Å². The van der Waals surface area contributed by atoms with Gasteiger partial charge in [-0.1, -0.05) is 13.3 Å². The molecule has 3 nitrogen and oxygen atoms in total. The van der Waals surface area contributed by atoms with Crippen LogP contribution >= 0.6 is 24.2 Å². The van der Waals surface area contributed by atoms with E-state index in [-0.39, 0.29) is 12.4 Å². The topological polar surface area (TPSA) is 44.5 Å². The van der Waals surface area contributed by atoms with Crippen molar-refractivity contribution in [3.63, 3.8) is 0 Å². The van der Waals surface area contributed by atoms with Gasteiger partial charge in [-0.05, 0) is 42.8 Å². The van der Waals surface area contributed by atoms with E-state index in [4.69, 9.17) is 15.2 Å². The molecular weight excluding hydrogens is 282 g/mol. The number of hydrogen-bond acceptors (Lipinski definition) is 4. The summed E-state index contributed by atoms with van der Waals surface area (Å²) < 4.78 is 10.9. The molecule has 0 atom stereocenters. The van der Waals surface area contributed by atoms with Gasteiger partial charge in [-0.3, -0.25) is 0 Å². The Morgan fingerprint density at radius 3 is 2.37 bits per heavy atom. The molecule has 0 bridgehead atoms. The molecule has 19 heavy (non-hydrogen) atoms. The van der Waals surface area contributed by atoms with Crippen LogP contribution in [0.5, 0.6) is 11.5 Å². The first kappa shape index (κ1) is 18.4. The number of thioether (sulfide) groups is 1. The first-order chi connectivity index (χ1) is 8.76. The molecule has 0 aliphatic heterocycles. The number of methoxy groups -OCH3 is 2. The summed E-state index contributed by atoms with van der Waals surface area (Å²) in [4.78, 5) is 1.14. The molecule has 0 aromatic heterocycles. The first-order valence-corrected chi connectivity index (χ1v) is 7.33. The monoisotopic (exact) mass is 305 g/mol. The van der Waals surface area contributed by atoms with Gasteiger partial charge in [0.2, 0.25) is 0 Å². The summed E-state index contributed by atoms with van der Waals surface area (Å²) in [6.45, 7) is 2.81. The molecule has 0 spiro atoms. The van der Waals surface area contributed by atoms with Gasteiger partial charge in [0.15, 0.2) is 0 Å². The highest BCUT2D eigenvalue weighted by Gasteiger charge is 2.11. The maximum atomic E-state index is 5.61. The van der Waals surface area contributed by atoms with Crippen LogP contribution in [0.4, 0.5) is 0 Å². The smallest absolute Gasteiger partial charge is 0.132 e. The Labute approximate surface area is 126 Å². The molecule has 1 aromatic carbocycles. The molecule has 0 unspecified atom stereocenters. The summed E-state index contributed by atoms with van der Waals surface area (Å²) in [7, 11) is 3.40. The highest BCUT2D eigenvalue weighted by Crippen LogP contribution is 2.36. The van der Waals surface area contributed by atoms with E-state index in [0.717, 1.165) is 34.1 Å². The molecule has 0 saturated heterocycles. The summed E-state index contributed by atoms with van der Waals surface area (Å²) in [6.07, 6.45) is 3.22. The van der Waals surface area contributed by atoms with Gasteiger partial charge < -0.3 is 15.2 Å². The molecule has 2 N–H and O–H groups in total. The predicted octanol–water partition coefficient (Wildman–Crippen LogP) is 3.52. The van der Waals surface area contributed by atoms with Gasteiger partial charge in [0.1, 0.15) is 11.5 Å². The van der Waals surface area contributed by atoms with Gasteiger partial charge in [0, 0.05) is 0 Å². The quantitative estimate of drug-likeness (QED) is 0.589. The van der Waals surface area contributed by atoms with Crippen molar-refractivity contribution in [2.45, 2.75) is 31.1 Å². The molecule has 0 saturated carbocycles. The Balaban J connectivity index is 0.00000324. The highest BCUT2D eigenvalue weighted by molar-refractivity contribution is 7.99. The molecule has 0 radical (unpaired) electrons. The van der Waals surface area contributed by atoms with Crippen LogP contribution < -0.4 is 15.2 Å². The van der Waals surface area contributed by atoms with Crippen molar-refractivity contribution < 1.29 is 9.47 Å². The van der Waals surface area contributed by atoms with E-state index >= 15 is 0 Å². The van der Waals surface area contributed by atoms with E-state index in [9.17, 15) is 0 Å². The minimum absolute atomic E-state index is 0. The van der Waals surface area contributed by atoms with Gasteiger partial charge in [-0.25, -0.2) is 0 Å². The van der Waals surface area contributed by atoms with Gasteiger partial charge in [-0.2, -0.15) is 0 Å². The van der Waals surface area contributed by atoms with Crippen molar-refractivity contribution in [2.24, 2.45) is 5.73 Å². The molecule has 110 valence electrons. The van der Waals surface area contributed by atoms with Crippen molar-refractivity contribution in [3.8, 4) is 11.5 Å². The van der Waals surface area contributed by atoms with Crippen LogP contribution in [0.15, 0.2) is 17.0 Å². The average Bonchev–Trinajstić information content (AvgIpc) is 2.40. The fraction of sp³-hybridized carbons (Fsp3) is 0.571. The van der Waals surface area contributed by atoms with Crippen LogP contribution in [-0.2, 0) is 6.42 Å². The summed E-state index contributed by atoms with van der Waals surface area (Å²) in [5.41, 5.74) is 6.72. The third-order valence-electron chi connectivity index (χ3n) is 2.74. The SMILES string of the molecule is CCCCSc1cc(OC)c(CCN)cc1OC.Cl. The summed E-state index contributed by atoms with van der Waals surface area (Å²) in [5.74, 6) is 2.92. The lowest BCUT2D eigenvalue weighted by molar-refractivity contribution is 0.390. The molecule has 0 aliphatic rings. The Kier molecular flexibility index (Phi) is 9.92. The zero-order valence-corrected chi connectivity index (χ0v) is 13.5. The predicted molar refractivity (Wildman–Crippen MR) is 85.2 cm³/mol. The van der Waals surface area contributed by atoms with Gasteiger partial charge in [0.25, 0.3) is 0 Å². The van der Waals surface area contributed by atoms with E-state index in [1.54, 1.807) is 14.2 Å². The lowest BCUT2D eigenvalue weighted by atomic mass is 10.1. The number of hydrogen-bond donors (Lipinski definition) is 1. The summed E-state index contributed by atoms with van der Waals surface area (Å²) in [5, 5.41) is 0. The Hall–Kier alpha value is -0.580. The van der Waals surface area contributed by atoms with Crippen LogP contribution in [0.1, 0.15) is 25.3 Å². The van der Waals surface area contributed by atoms with Crippen molar-refractivity contribution >= 4 is 24.2 Å². The standard InChI is InChI=1S/C14H23NO2S.ClH/c1-4-5-8-18-14-10-12(16-2)11(6-7-15)9-13(14)17-3;/h9-10H,4-8,15H2,1-3H3;1H. The van der Waals surface area contributed by atoms with Crippen LogP contribution in [0.3, 0.4) is 0 Å². The molecule has 1 aromatic rings. The Morgan fingerprint density at radius 2 is 1.84 bits per heavy atom. The summed E-state index contributed by atoms with van der Waals surface area (Å²) in [6, 6.07) is 4.10. The number of rotatable bonds is 8. The lowest BCUT2D eigenvalue weighted by Crippen LogP contribution is -2.05. The molecule has 0 fully saturated rings. The largest absolute Gasteiger partial charge is 0.496 e. The Bertz CT molecular complexity index is 375. The maximum Gasteiger partial charge on any atom is 0.132 e. The van der Waals surface area contributed by atoms with Crippen LogP contribution in [0.2, 0.25) is 0 Å². The fourth-order valence-corrected chi connectivity index (χ4v) is 2.85. The Morgan fingerprint density at radius 1 is 1.16 bits per heavy atom. The zero-order chi connectivity index (χ0) is 13.4. The average molecular weight is 306 g/mol. The van der Waals surface area contributed by atoms with Crippen molar-refractivity contribution in [3.05, 3.63) is 17.7 Å². The normalized spacial score (nSPS) is 9.89. The molecule has 5 heteroatoms. The third kappa shape index (κ3) is 5.51. The van der Waals surface area contributed by atoms with Gasteiger partial charge in [0.05, 0.1) is 19.1 Å². The highest BCUT2D eigenvalue weighted by atomic mass is 35.5. The van der Waals surface area contributed by atoms with Gasteiger partial charge >= 0.3 is 0 Å². The van der Waals surface area contributed by atoms with Crippen molar-refractivity contribution in [2.75, 3.05) is 26.5 Å². The van der Waals surface area contributed by atoms with Crippen LogP contribution in [0, 0.1) is 0 Å². The fourth-order valence-electron chi connectivity index (χ4n) is 1.72. The molecule has 0 amide bonds. The molecule has 1 rings (SSSR count). The second-order valence-corrected chi connectivity index (χ2v) is 5.19. The number of unbranched alkanes of at least 4 members (excludes halogenated alkanes) is 1. The van der Waals surface area contributed by atoms with E-state index in [1.807, 2.05) is 17.8 Å². The third-order valence-corrected chi connectivity index (χ3v) is 3.86. The minimum Gasteiger partial charge on any atom is -0.496 e. The molecule has 0 heterocycles. The van der Waals surface area contributed by atoms with Crippen molar-refractivity contribution in [1.82, 2.24) is 0 Å². The van der Waals surface area contributed by atoms with Crippen LogP contribution in [-0.4, -0.2) is 26.5 Å². The van der Waals surface area contributed by atoms with Crippen LogP contribution in [0.25, 0.3) is 0 Å². The lowest BCUT2D eigenvalue weighted by Gasteiger charge is -2.14. The minimum atomic E-state index is 0. The van der Waals surface area contributed by atoms with E-state index < -0.39 is 0 Å².